The Morgan fingerprint density at radius 2 is 2.00 bits per heavy atom. The highest BCUT2D eigenvalue weighted by Gasteiger charge is 2.34. The first-order valence-electron chi connectivity index (χ1n) is 6.45. The van der Waals surface area contributed by atoms with Crippen LogP contribution in [-0.2, 0) is 16.1 Å². The van der Waals surface area contributed by atoms with Gasteiger partial charge in [0.2, 0.25) is 0 Å². The predicted molar refractivity (Wildman–Crippen MR) is 72.3 cm³/mol. The largest absolute Gasteiger partial charge is 0.468 e. The first kappa shape index (κ1) is 14.3. The smallest absolute Gasteiger partial charge is 0.407 e. The average molecular weight is 278 g/mol. The van der Waals surface area contributed by atoms with Crippen LogP contribution in [0.2, 0.25) is 0 Å². The quantitative estimate of drug-likeness (QED) is 0.836. The van der Waals surface area contributed by atoms with Crippen LogP contribution in [-0.4, -0.2) is 59.8 Å². The van der Waals surface area contributed by atoms with Crippen molar-refractivity contribution in [2.24, 2.45) is 0 Å². The molecular formula is C14H18N2O4. The average Bonchev–Trinajstić information content (AvgIpc) is 2.47. The minimum absolute atomic E-state index is 0.148. The summed E-state index contributed by atoms with van der Waals surface area (Å²) in [6.45, 7) is 1.67. The second kappa shape index (κ2) is 6.38. The third kappa shape index (κ3) is 3.27. The van der Waals surface area contributed by atoms with Crippen LogP contribution in [0.1, 0.15) is 5.56 Å². The molecule has 0 saturated carbocycles. The third-order valence-corrected chi connectivity index (χ3v) is 3.46. The summed E-state index contributed by atoms with van der Waals surface area (Å²) in [5.74, 6) is -0.396. The van der Waals surface area contributed by atoms with E-state index in [4.69, 9.17) is 9.84 Å². The molecule has 0 bridgehead atoms. The van der Waals surface area contributed by atoms with Gasteiger partial charge in [0.15, 0.2) is 0 Å². The molecule has 1 fully saturated rings. The van der Waals surface area contributed by atoms with Gasteiger partial charge in [-0.3, -0.25) is 9.69 Å². The zero-order valence-electron chi connectivity index (χ0n) is 11.4. The van der Waals surface area contributed by atoms with Crippen LogP contribution in [0.5, 0.6) is 0 Å². The molecule has 1 aromatic carbocycles. The van der Waals surface area contributed by atoms with E-state index >= 15 is 0 Å². The summed E-state index contributed by atoms with van der Waals surface area (Å²) in [4.78, 5) is 26.1. The summed E-state index contributed by atoms with van der Waals surface area (Å²) in [6, 6.07) is 9.23. The van der Waals surface area contributed by atoms with E-state index in [2.05, 4.69) is 0 Å². The Morgan fingerprint density at radius 1 is 1.30 bits per heavy atom. The Labute approximate surface area is 117 Å². The zero-order chi connectivity index (χ0) is 14.5. The maximum Gasteiger partial charge on any atom is 0.407 e. The fourth-order valence-electron chi connectivity index (χ4n) is 2.36. The molecule has 1 unspecified atom stereocenters. The lowest BCUT2D eigenvalue weighted by Crippen LogP contribution is -2.57. The third-order valence-electron chi connectivity index (χ3n) is 3.46. The van der Waals surface area contributed by atoms with Crippen LogP contribution in [0.4, 0.5) is 4.79 Å². The fourth-order valence-corrected chi connectivity index (χ4v) is 2.36. The number of methoxy groups -OCH3 is 1. The summed E-state index contributed by atoms with van der Waals surface area (Å²) in [5.41, 5.74) is 1.09. The molecule has 0 spiro atoms. The maximum absolute atomic E-state index is 11.9. The Kier molecular flexibility index (Phi) is 4.57. The zero-order valence-corrected chi connectivity index (χ0v) is 11.4. The Hall–Kier alpha value is -2.08. The molecule has 1 aromatic rings. The molecular weight excluding hydrogens is 260 g/mol. The fraction of sp³-hybridized carbons (Fsp3) is 0.429. The first-order chi connectivity index (χ1) is 9.61. The number of esters is 1. The van der Waals surface area contributed by atoms with Gasteiger partial charge in [-0.25, -0.2) is 4.79 Å². The standard InChI is InChI=1S/C14H18N2O4/c1-20-13(17)12-10-16(14(18)19)8-7-15(12)9-11-5-3-2-4-6-11/h2-6,12H,7-10H2,1H3,(H,18,19). The summed E-state index contributed by atoms with van der Waals surface area (Å²) >= 11 is 0. The van der Waals surface area contributed by atoms with Crippen LogP contribution in [0.15, 0.2) is 30.3 Å². The van der Waals surface area contributed by atoms with Crippen LogP contribution >= 0.6 is 0 Å². The normalized spacial score (nSPS) is 19.6. The minimum Gasteiger partial charge on any atom is -0.468 e. The number of carboxylic acid groups (broad SMARTS) is 1. The van der Waals surface area contributed by atoms with Gasteiger partial charge in [0.25, 0.3) is 0 Å². The Morgan fingerprint density at radius 3 is 2.60 bits per heavy atom. The topological polar surface area (TPSA) is 70.1 Å². The molecule has 20 heavy (non-hydrogen) atoms. The molecule has 0 radical (unpaired) electrons. The van der Waals surface area contributed by atoms with Crippen LogP contribution in [0.25, 0.3) is 0 Å². The molecule has 1 atom stereocenters. The molecule has 1 heterocycles. The highest BCUT2D eigenvalue weighted by molar-refractivity contribution is 5.77. The van der Waals surface area contributed by atoms with Crippen molar-refractivity contribution in [3.05, 3.63) is 35.9 Å². The molecule has 1 aliphatic rings. The number of carbonyl (C=O) groups is 2. The highest BCUT2D eigenvalue weighted by atomic mass is 16.5. The van der Waals surface area contributed by atoms with E-state index in [1.165, 1.54) is 12.0 Å². The molecule has 0 aliphatic carbocycles. The van der Waals surface area contributed by atoms with E-state index in [1.807, 2.05) is 35.2 Å². The number of rotatable bonds is 3. The number of piperazine rings is 1. The number of hydrogen-bond donors (Lipinski definition) is 1. The van der Waals surface area contributed by atoms with Crippen molar-refractivity contribution in [3.63, 3.8) is 0 Å². The van der Waals surface area contributed by atoms with Gasteiger partial charge >= 0.3 is 12.1 Å². The van der Waals surface area contributed by atoms with E-state index in [0.717, 1.165) is 5.56 Å². The number of nitrogens with zero attached hydrogens (tertiary/aromatic N) is 2. The van der Waals surface area contributed by atoms with Crippen molar-refractivity contribution in [1.82, 2.24) is 9.80 Å². The van der Waals surface area contributed by atoms with Gasteiger partial charge in [0, 0.05) is 19.6 Å². The van der Waals surface area contributed by atoms with Crippen molar-refractivity contribution in [2.45, 2.75) is 12.6 Å². The second-order valence-corrected chi connectivity index (χ2v) is 4.72. The van der Waals surface area contributed by atoms with Crippen LogP contribution < -0.4 is 0 Å². The molecule has 1 aliphatic heterocycles. The molecule has 6 nitrogen and oxygen atoms in total. The molecule has 1 N–H and O–H groups in total. The number of carbonyl (C=O) groups excluding carboxylic acids is 1. The van der Waals surface area contributed by atoms with Crippen molar-refractivity contribution in [1.29, 1.82) is 0 Å². The maximum atomic E-state index is 11.9. The lowest BCUT2D eigenvalue weighted by Gasteiger charge is -2.38. The van der Waals surface area contributed by atoms with Gasteiger partial charge in [-0.15, -0.1) is 0 Å². The molecule has 1 amide bonds. The number of benzene rings is 1. The van der Waals surface area contributed by atoms with E-state index in [0.29, 0.717) is 19.6 Å². The van der Waals surface area contributed by atoms with Crippen molar-refractivity contribution >= 4 is 12.1 Å². The summed E-state index contributed by atoms with van der Waals surface area (Å²) in [7, 11) is 1.32. The second-order valence-electron chi connectivity index (χ2n) is 4.72. The summed E-state index contributed by atoms with van der Waals surface area (Å²) < 4.78 is 4.79. The SMILES string of the molecule is COC(=O)C1CN(C(=O)O)CCN1Cc1ccccc1. The van der Waals surface area contributed by atoms with Gasteiger partial charge < -0.3 is 14.7 Å². The summed E-state index contributed by atoms with van der Waals surface area (Å²) in [6.07, 6.45) is -1.00. The van der Waals surface area contributed by atoms with Crippen LogP contribution in [0, 0.1) is 0 Å². The molecule has 2 rings (SSSR count). The predicted octanol–water partition coefficient (Wildman–Crippen LogP) is 1.02. The Balaban J connectivity index is 2.10. The first-order valence-corrected chi connectivity index (χ1v) is 6.45. The number of ether oxygens (including phenoxy) is 1. The van der Waals surface area contributed by atoms with E-state index < -0.39 is 18.1 Å². The van der Waals surface area contributed by atoms with E-state index in [9.17, 15) is 9.59 Å². The lowest BCUT2D eigenvalue weighted by molar-refractivity contribution is -0.149. The molecule has 0 aromatic heterocycles. The monoisotopic (exact) mass is 278 g/mol. The Bertz CT molecular complexity index is 477. The van der Waals surface area contributed by atoms with Crippen molar-refractivity contribution in [2.75, 3.05) is 26.7 Å². The number of hydrogen-bond acceptors (Lipinski definition) is 4. The van der Waals surface area contributed by atoms with E-state index in [1.54, 1.807) is 0 Å². The molecule has 108 valence electrons. The highest BCUT2D eigenvalue weighted by Crippen LogP contribution is 2.15. The van der Waals surface area contributed by atoms with Crippen molar-refractivity contribution in [3.8, 4) is 0 Å². The molecule has 1 saturated heterocycles. The van der Waals surface area contributed by atoms with Gasteiger partial charge in [-0.05, 0) is 5.56 Å². The minimum atomic E-state index is -1.00. The molecule has 6 heteroatoms. The summed E-state index contributed by atoms with van der Waals surface area (Å²) in [5, 5.41) is 9.04. The van der Waals surface area contributed by atoms with E-state index in [-0.39, 0.29) is 6.54 Å². The van der Waals surface area contributed by atoms with Gasteiger partial charge in [0.1, 0.15) is 6.04 Å². The number of amides is 1. The van der Waals surface area contributed by atoms with Gasteiger partial charge in [0.05, 0.1) is 13.7 Å². The van der Waals surface area contributed by atoms with Gasteiger partial charge in [-0.1, -0.05) is 30.3 Å². The van der Waals surface area contributed by atoms with Gasteiger partial charge in [-0.2, -0.15) is 0 Å². The van der Waals surface area contributed by atoms with Crippen LogP contribution in [0.3, 0.4) is 0 Å². The van der Waals surface area contributed by atoms with Crippen molar-refractivity contribution < 1.29 is 19.4 Å². The lowest BCUT2D eigenvalue weighted by atomic mass is 10.1.